The fraction of sp³-hybridized carbons (Fsp3) is 0.235. The van der Waals surface area contributed by atoms with Crippen LogP contribution in [0.15, 0.2) is 18.5 Å². The van der Waals surface area contributed by atoms with E-state index in [1.54, 1.807) is 0 Å². The van der Waals surface area contributed by atoms with Gasteiger partial charge in [-0.2, -0.15) is 31.4 Å². The molecule has 0 bridgehead atoms. The number of aryl methyl sites for hydroxylation is 2. The fourth-order valence-corrected chi connectivity index (χ4v) is 4.46. The number of pyridine rings is 1. The molecule has 5 rings (SSSR count). The number of nitrogens with zero attached hydrogens (tertiary/aromatic N) is 7. The highest BCUT2D eigenvalue weighted by Crippen LogP contribution is 2.39. The first-order valence-corrected chi connectivity index (χ1v) is 9.39. The summed E-state index contributed by atoms with van der Waals surface area (Å²) in [6.07, 6.45) is -7.93. The lowest BCUT2D eigenvalue weighted by Gasteiger charge is -2.06. The highest BCUT2D eigenvalue weighted by atomic mass is 32.1. The minimum absolute atomic E-state index is 0.0268. The van der Waals surface area contributed by atoms with Gasteiger partial charge < -0.3 is 0 Å². The van der Waals surface area contributed by atoms with Crippen molar-refractivity contribution in [1.29, 1.82) is 0 Å². The summed E-state index contributed by atoms with van der Waals surface area (Å²) in [7, 11) is 1.33. The second kappa shape index (κ2) is 6.12. The minimum atomic E-state index is -4.63. The lowest BCUT2D eigenvalue weighted by Crippen LogP contribution is -2.07. The summed E-state index contributed by atoms with van der Waals surface area (Å²) in [6.45, 7) is 1.53. The van der Waals surface area contributed by atoms with Gasteiger partial charge in [-0.25, -0.2) is 19.5 Å². The summed E-state index contributed by atoms with van der Waals surface area (Å²) in [5.74, 6) is -0.0297. The molecule has 0 radical (unpaired) electrons. The third kappa shape index (κ3) is 3.00. The van der Waals surface area contributed by atoms with Crippen molar-refractivity contribution in [2.24, 2.45) is 7.05 Å². The van der Waals surface area contributed by atoms with Crippen LogP contribution in [0.4, 0.5) is 26.3 Å². The van der Waals surface area contributed by atoms with Gasteiger partial charge in [-0.05, 0) is 24.6 Å². The van der Waals surface area contributed by atoms with Crippen LogP contribution in [0.2, 0.25) is 0 Å². The van der Waals surface area contributed by atoms with Gasteiger partial charge in [-0.3, -0.25) is 4.68 Å². The molecular formula is C17H9F6N7S. The molecule has 14 heteroatoms. The van der Waals surface area contributed by atoms with E-state index in [9.17, 15) is 26.3 Å². The van der Waals surface area contributed by atoms with E-state index in [0.29, 0.717) is 21.2 Å². The van der Waals surface area contributed by atoms with E-state index in [0.717, 1.165) is 28.2 Å². The van der Waals surface area contributed by atoms with E-state index in [1.165, 1.54) is 24.8 Å². The Balaban J connectivity index is 1.74. The molecule has 0 aliphatic carbocycles. The predicted molar refractivity (Wildman–Crippen MR) is 98.4 cm³/mol. The van der Waals surface area contributed by atoms with E-state index in [2.05, 4.69) is 25.1 Å². The van der Waals surface area contributed by atoms with Crippen LogP contribution in [0.25, 0.3) is 37.6 Å². The molecule has 0 saturated carbocycles. The van der Waals surface area contributed by atoms with Crippen molar-refractivity contribution in [2.75, 3.05) is 0 Å². The summed E-state index contributed by atoms with van der Waals surface area (Å²) >= 11 is 0.958. The molecule has 0 aliphatic heterocycles. The molecular weight excluding hydrogens is 448 g/mol. The van der Waals surface area contributed by atoms with Crippen molar-refractivity contribution in [3.63, 3.8) is 0 Å². The molecule has 0 saturated heterocycles. The average Bonchev–Trinajstić information content (AvgIpc) is 3.33. The van der Waals surface area contributed by atoms with Crippen LogP contribution in [-0.4, -0.2) is 34.3 Å². The normalized spacial score (nSPS) is 13.2. The van der Waals surface area contributed by atoms with Crippen LogP contribution in [-0.2, 0) is 19.4 Å². The van der Waals surface area contributed by atoms with Crippen molar-refractivity contribution in [3.05, 3.63) is 35.4 Å². The Labute approximate surface area is 172 Å². The predicted octanol–water partition coefficient (Wildman–Crippen LogP) is 4.63. The highest BCUT2D eigenvalue weighted by Gasteiger charge is 2.36. The Hall–Kier alpha value is -3.29. The maximum absolute atomic E-state index is 13.1. The zero-order chi connectivity index (χ0) is 22.3. The molecule has 0 unspecified atom stereocenters. The van der Waals surface area contributed by atoms with Gasteiger partial charge in [-0.1, -0.05) is 0 Å². The molecule has 0 atom stereocenters. The van der Waals surface area contributed by atoms with Gasteiger partial charge >= 0.3 is 12.4 Å². The van der Waals surface area contributed by atoms with Crippen LogP contribution < -0.4 is 0 Å². The Bertz CT molecular complexity index is 1490. The SMILES string of the molecule is Cc1cc(C(F)(F)F)nc2sc3c(ncn4nc(-c5cc(C(F)(F)F)nn5C)nc34)c12. The molecule has 7 nitrogen and oxygen atoms in total. The number of halogens is 6. The van der Waals surface area contributed by atoms with E-state index < -0.39 is 23.7 Å². The first-order valence-electron chi connectivity index (χ1n) is 8.57. The molecule has 5 aromatic heterocycles. The topological polar surface area (TPSA) is 73.8 Å². The van der Waals surface area contributed by atoms with Gasteiger partial charge in [0, 0.05) is 12.4 Å². The van der Waals surface area contributed by atoms with Gasteiger partial charge in [0.15, 0.2) is 11.3 Å². The average molecular weight is 457 g/mol. The maximum Gasteiger partial charge on any atom is 0.435 e. The van der Waals surface area contributed by atoms with E-state index >= 15 is 0 Å². The van der Waals surface area contributed by atoms with Crippen LogP contribution in [0.5, 0.6) is 0 Å². The lowest BCUT2D eigenvalue weighted by molar-refractivity contribution is -0.142. The number of alkyl halides is 6. The second-order valence-electron chi connectivity index (χ2n) is 6.77. The van der Waals surface area contributed by atoms with Crippen LogP contribution >= 0.6 is 11.3 Å². The van der Waals surface area contributed by atoms with Crippen molar-refractivity contribution in [3.8, 4) is 11.5 Å². The Kier molecular flexibility index (Phi) is 3.88. The quantitative estimate of drug-likeness (QED) is 0.343. The molecule has 0 aliphatic rings. The monoisotopic (exact) mass is 457 g/mol. The third-order valence-corrected chi connectivity index (χ3v) is 5.72. The smallest absolute Gasteiger partial charge is 0.264 e. The Morgan fingerprint density at radius 1 is 0.935 bits per heavy atom. The van der Waals surface area contributed by atoms with Crippen molar-refractivity contribution in [2.45, 2.75) is 19.3 Å². The highest BCUT2D eigenvalue weighted by molar-refractivity contribution is 7.26. The number of rotatable bonds is 1. The van der Waals surface area contributed by atoms with Crippen molar-refractivity contribution < 1.29 is 26.3 Å². The van der Waals surface area contributed by atoms with Gasteiger partial charge in [0.1, 0.15) is 27.2 Å². The molecule has 0 N–H and O–H groups in total. The zero-order valence-electron chi connectivity index (χ0n) is 15.5. The van der Waals surface area contributed by atoms with Gasteiger partial charge in [0.05, 0.1) is 5.52 Å². The molecule has 160 valence electrons. The van der Waals surface area contributed by atoms with Crippen LogP contribution in [0.1, 0.15) is 17.0 Å². The molecule has 5 heterocycles. The summed E-state index contributed by atoms with van der Waals surface area (Å²) in [4.78, 5) is 12.4. The Morgan fingerprint density at radius 2 is 1.65 bits per heavy atom. The zero-order valence-corrected chi connectivity index (χ0v) is 16.4. The molecule has 0 amide bonds. The Morgan fingerprint density at radius 3 is 2.29 bits per heavy atom. The lowest BCUT2D eigenvalue weighted by atomic mass is 10.1. The van der Waals surface area contributed by atoms with Crippen LogP contribution in [0, 0.1) is 6.92 Å². The first-order chi connectivity index (χ1) is 14.4. The maximum atomic E-state index is 13.1. The molecule has 0 spiro atoms. The van der Waals surface area contributed by atoms with E-state index in [-0.39, 0.29) is 22.0 Å². The first kappa shape index (κ1) is 19.7. The number of thiophene rings is 1. The number of hydrogen-bond acceptors (Lipinski definition) is 6. The van der Waals surface area contributed by atoms with Gasteiger partial charge in [-0.15, -0.1) is 16.4 Å². The standard InChI is InChI=1S/C17H9F6N7S/c1-6-3-8(16(18,19)20)25-15-10(6)11-12(31-15)14-26-13(28-30(14)5-24-11)7-4-9(17(21,22)23)27-29(7)2/h3-5H,1-2H3. The summed E-state index contributed by atoms with van der Waals surface area (Å²) in [5.41, 5.74) is -1.09. The molecule has 31 heavy (non-hydrogen) atoms. The number of hydrogen-bond donors (Lipinski definition) is 0. The molecule has 5 aromatic rings. The van der Waals surface area contributed by atoms with Crippen molar-refractivity contribution in [1.82, 2.24) is 34.3 Å². The largest absolute Gasteiger partial charge is 0.435 e. The second-order valence-corrected chi connectivity index (χ2v) is 7.77. The molecule has 0 aromatic carbocycles. The summed E-state index contributed by atoms with van der Waals surface area (Å²) in [6, 6.07) is 1.77. The molecule has 0 fully saturated rings. The van der Waals surface area contributed by atoms with Crippen molar-refractivity contribution >= 4 is 37.4 Å². The van der Waals surface area contributed by atoms with E-state index in [1.807, 2.05) is 0 Å². The van der Waals surface area contributed by atoms with E-state index in [4.69, 9.17) is 0 Å². The van der Waals surface area contributed by atoms with Gasteiger partial charge in [0.2, 0.25) is 5.82 Å². The summed E-state index contributed by atoms with van der Waals surface area (Å²) < 4.78 is 81.0. The van der Waals surface area contributed by atoms with Gasteiger partial charge in [0.25, 0.3) is 0 Å². The number of fused-ring (bicyclic) bond motifs is 5. The number of aromatic nitrogens is 7. The third-order valence-electron chi connectivity index (χ3n) is 4.65. The van der Waals surface area contributed by atoms with Crippen LogP contribution in [0.3, 0.4) is 0 Å². The fourth-order valence-electron chi connectivity index (χ4n) is 3.28. The minimum Gasteiger partial charge on any atom is -0.264 e. The summed E-state index contributed by atoms with van der Waals surface area (Å²) in [5, 5.41) is 8.06.